The van der Waals surface area contributed by atoms with Crippen LogP contribution in [0.5, 0.6) is 0 Å². The van der Waals surface area contributed by atoms with Crippen LogP contribution >= 0.6 is 22.6 Å². The molecule has 0 bridgehead atoms. The van der Waals surface area contributed by atoms with E-state index < -0.39 is 0 Å². The number of hydrogen-bond donors (Lipinski definition) is 1. The predicted molar refractivity (Wildman–Crippen MR) is 35.1 cm³/mol. The minimum Gasteiger partial charge on any atom is -0.437 e. The summed E-state index contributed by atoms with van der Waals surface area (Å²) in [5.74, 6) is 0. The average Bonchev–Trinajstić information content (AvgIpc) is 2.14. The number of halogens is 1. The minimum atomic E-state index is -0.0469. The Hall–Kier alpha value is -0.100. The third kappa shape index (κ3) is 1.00. The van der Waals surface area contributed by atoms with Gasteiger partial charge in [0, 0.05) is 22.6 Å². The van der Waals surface area contributed by atoms with Gasteiger partial charge in [0.25, 0.3) is 0 Å². The van der Waals surface area contributed by atoms with Crippen molar-refractivity contribution < 1.29 is 9.52 Å². The van der Waals surface area contributed by atoms with Crippen molar-refractivity contribution in [3.05, 3.63) is 15.9 Å². The molecule has 0 unspecified atom stereocenters. The van der Waals surface area contributed by atoms with Crippen molar-refractivity contribution in [1.82, 2.24) is 4.98 Å². The molecule has 1 N–H and O–H groups in total. The van der Waals surface area contributed by atoms with Crippen LogP contribution in [0, 0.1) is 3.77 Å². The van der Waals surface area contributed by atoms with Gasteiger partial charge in [-0.15, -0.1) is 0 Å². The highest BCUT2D eigenvalue weighted by Crippen LogP contribution is 2.08. The van der Waals surface area contributed by atoms with Crippen molar-refractivity contribution >= 4 is 22.6 Å². The van der Waals surface area contributed by atoms with Crippen molar-refractivity contribution in [3.63, 3.8) is 0 Å². The standard InChI is InChI=1S/C4H4INO2/c5-4-3(1-7)6-2-8-4/h2,7H,1H2. The molecule has 0 aliphatic rings. The Bertz CT molecular complexity index is 174. The van der Waals surface area contributed by atoms with Crippen molar-refractivity contribution in [2.75, 3.05) is 0 Å². The van der Waals surface area contributed by atoms with Gasteiger partial charge < -0.3 is 9.52 Å². The van der Waals surface area contributed by atoms with Gasteiger partial charge in [0.2, 0.25) is 0 Å². The summed E-state index contributed by atoms with van der Waals surface area (Å²) in [4.78, 5) is 3.71. The van der Waals surface area contributed by atoms with Gasteiger partial charge in [0.15, 0.2) is 10.2 Å². The molecule has 0 aliphatic heterocycles. The summed E-state index contributed by atoms with van der Waals surface area (Å²) >= 11 is 1.97. The Balaban J connectivity index is 2.92. The largest absolute Gasteiger partial charge is 0.437 e. The van der Waals surface area contributed by atoms with Gasteiger partial charge in [-0.3, -0.25) is 0 Å². The number of oxazole rings is 1. The zero-order valence-electron chi connectivity index (χ0n) is 3.97. The highest BCUT2D eigenvalue weighted by Gasteiger charge is 1.99. The Labute approximate surface area is 59.9 Å². The van der Waals surface area contributed by atoms with Gasteiger partial charge in [-0.1, -0.05) is 0 Å². The Kier molecular flexibility index (Phi) is 1.85. The van der Waals surface area contributed by atoms with Crippen molar-refractivity contribution in [2.45, 2.75) is 6.61 Å². The smallest absolute Gasteiger partial charge is 0.189 e. The van der Waals surface area contributed by atoms with Gasteiger partial charge in [-0.25, -0.2) is 4.98 Å². The number of hydrogen-bond acceptors (Lipinski definition) is 3. The number of aliphatic hydroxyl groups excluding tert-OH is 1. The lowest BCUT2D eigenvalue weighted by molar-refractivity contribution is 0.275. The van der Waals surface area contributed by atoms with E-state index in [-0.39, 0.29) is 6.61 Å². The topological polar surface area (TPSA) is 46.3 Å². The van der Waals surface area contributed by atoms with Crippen LogP contribution in [0.25, 0.3) is 0 Å². The maximum absolute atomic E-state index is 8.48. The monoisotopic (exact) mass is 225 g/mol. The van der Waals surface area contributed by atoms with E-state index in [0.717, 1.165) is 0 Å². The van der Waals surface area contributed by atoms with Crippen LogP contribution < -0.4 is 0 Å². The van der Waals surface area contributed by atoms with Crippen LogP contribution in [0.2, 0.25) is 0 Å². The molecule has 44 valence electrons. The zero-order valence-corrected chi connectivity index (χ0v) is 6.12. The van der Waals surface area contributed by atoms with Crippen LogP contribution in [-0.4, -0.2) is 10.1 Å². The summed E-state index contributed by atoms with van der Waals surface area (Å²) in [6, 6.07) is 0. The molecule has 1 aromatic heterocycles. The lowest BCUT2D eigenvalue weighted by atomic mass is 10.5. The van der Waals surface area contributed by atoms with Crippen LogP contribution in [-0.2, 0) is 6.61 Å². The first-order valence-electron chi connectivity index (χ1n) is 2.03. The fourth-order valence-corrected chi connectivity index (χ4v) is 0.782. The molecule has 4 heteroatoms. The summed E-state index contributed by atoms with van der Waals surface area (Å²) in [5, 5.41) is 8.48. The first-order chi connectivity index (χ1) is 3.84. The van der Waals surface area contributed by atoms with Gasteiger partial charge in [-0.2, -0.15) is 0 Å². The van der Waals surface area contributed by atoms with E-state index in [0.29, 0.717) is 9.46 Å². The van der Waals surface area contributed by atoms with Crippen molar-refractivity contribution in [3.8, 4) is 0 Å². The van der Waals surface area contributed by atoms with Crippen molar-refractivity contribution in [1.29, 1.82) is 0 Å². The lowest BCUT2D eigenvalue weighted by Gasteiger charge is -1.81. The molecule has 0 aromatic carbocycles. The molecular weight excluding hydrogens is 221 g/mol. The number of aliphatic hydroxyl groups is 1. The molecule has 0 atom stereocenters. The molecule has 8 heavy (non-hydrogen) atoms. The first kappa shape index (κ1) is 6.03. The lowest BCUT2D eigenvalue weighted by Crippen LogP contribution is -1.83. The highest BCUT2D eigenvalue weighted by molar-refractivity contribution is 14.1. The summed E-state index contributed by atoms with van der Waals surface area (Å²) in [5.41, 5.74) is 0.602. The molecule has 0 fully saturated rings. The summed E-state index contributed by atoms with van der Waals surface area (Å²) in [6.45, 7) is -0.0469. The molecular formula is C4H4INO2. The Morgan fingerprint density at radius 1 is 1.88 bits per heavy atom. The van der Waals surface area contributed by atoms with E-state index in [1.54, 1.807) is 0 Å². The van der Waals surface area contributed by atoms with E-state index in [1.807, 2.05) is 22.6 Å². The minimum absolute atomic E-state index is 0.0469. The van der Waals surface area contributed by atoms with E-state index in [9.17, 15) is 0 Å². The summed E-state index contributed by atoms with van der Waals surface area (Å²) < 4.78 is 5.43. The average molecular weight is 225 g/mol. The maximum atomic E-state index is 8.48. The zero-order chi connectivity index (χ0) is 5.98. The third-order valence-corrected chi connectivity index (χ3v) is 1.62. The molecule has 1 heterocycles. The van der Waals surface area contributed by atoms with E-state index in [1.165, 1.54) is 6.39 Å². The van der Waals surface area contributed by atoms with Crippen LogP contribution in [0.3, 0.4) is 0 Å². The van der Waals surface area contributed by atoms with Gasteiger partial charge in [-0.05, 0) is 0 Å². The van der Waals surface area contributed by atoms with Gasteiger partial charge >= 0.3 is 0 Å². The maximum Gasteiger partial charge on any atom is 0.189 e. The molecule has 0 aliphatic carbocycles. The highest BCUT2D eigenvalue weighted by atomic mass is 127. The van der Waals surface area contributed by atoms with Gasteiger partial charge in [0.05, 0.1) is 6.61 Å². The van der Waals surface area contributed by atoms with Crippen LogP contribution in [0.15, 0.2) is 10.8 Å². The Morgan fingerprint density at radius 2 is 2.62 bits per heavy atom. The normalized spacial score (nSPS) is 9.75. The van der Waals surface area contributed by atoms with Crippen LogP contribution in [0.1, 0.15) is 5.69 Å². The molecule has 1 aromatic rings. The van der Waals surface area contributed by atoms with Crippen LogP contribution in [0.4, 0.5) is 0 Å². The molecule has 3 nitrogen and oxygen atoms in total. The number of aromatic nitrogens is 1. The summed E-state index contributed by atoms with van der Waals surface area (Å²) in [7, 11) is 0. The molecule has 0 amide bonds. The Morgan fingerprint density at radius 3 is 2.88 bits per heavy atom. The molecule has 1 rings (SSSR count). The molecule has 0 radical (unpaired) electrons. The molecule has 0 spiro atoms. The second kappa shape index (κ2) is 2.45. The van der Waals surface area contributed by atoms with E-state index in [2.05, 4.69) is 4.98 Å². The third-order valence-electron chi connectivity index (χ3n) is 0.741. The summed E-state index contributed by atoms with van der Waals surface area (Å²) in [6.07, 6.45) is 1.31. The van der Waals surface area contributed by atoms with E-state index in [4.69, 9.17) is 9.52 Å². The van der Waals surface area contributed by atoms with Crippen molar-refractivity contribution in [2.24, 2.45) is 0 Å². The fourth-order valence-electron chi connectivity index (χ4n) is 0.358. The first-order valence-corrected chi connectivity index (χ1v) is 3.11. The SMILES string of the molecule is OCc1ncoc1I. The number of nitrogens with zero attached hydrogens (tertiary/aromatic N) is 1. The second-order valence-electron chi connectivity index (χ2n) is 1.23. The van der Waals surface area contributed by atoms with E-state index >= 15 is 0 Å². The number of rotatable bonds is 1. The van der Waals surface area contributed by atoms with Gasteiger partial charge in [0.1, 0.15) is 5.69 Å². The predicted octanol–water partition coefficient (Wildman–Crippen LogP) is 0.772. The molecule has 0 saturated carbocycles. The second-order valence-corrected chi connectivity index (χ2v) is 2.21. The quantitative estimate of drug-likeness (QED) is 0.718. The fraction of sp³-hybridized carbons (Fsp3) is 0.250. The molecule has 0 saturated heterocycles.